The number of rotatable bonds is 2. The molecule has 0 amide bonds. The largest absolute Gasteiger partial charge is 0.508 e. The fourth-order valence-corrected chi connectivity index (χ4v) is 1.41. The zero-order valence-corrected chi connectivity index (χ0v) is 8.82. The van der Waals surface area contributed by atoms with Crippen molar-refractivity contribution >= 4 is 15.9 Å². The normalized spacial score (nSPS) is 15.4. The summed E-state index contributed by atoms with van der Waals surface area (Å²) < 4.78 is 0.784. The molecule has 0 aliphatic rings. The summed E-state index contributed by atoms with van der Waals surface area (Å²) in [6.07, 6.45) is -0.674. The van der Waals surface area contributed by atoms with Gasteiger partial charge in [0.1, 0.15) is 5.75 Å². The highest BCUT2D eigenvalue weighted by atomic mass is 79.9. The van der Waals surface area contributed by atoms with Gasteiger partial charge in [-0.1, -0.05) is 22.0 Å². The van der Waals surface area contributed by atoms with E-state index in [0.29, 0.717) is 5.56 Å². The van der Waals surface area contributed by atoms with Crippen LogP contribution in [0.4, 0.5) is 0 Å². The minimum Gasteiger partial charge on any atom is -0.508 e. The van der Waals surface area contributed by atoms with Crippen LogP contribution in [-0.4, -0.2) is 16.3 Å². The molecule has 2 atom stereocenters. The van der Waals surface area contributed by atoms with Crippen molar-refractivity contribution in [3.8, 4) is 5.75 Å². The Hall–Kier alpha value is -0.580. The number of aliphatic hydroxyl groups is 1. The maximum Gasteiger partial charge on any atom is 0.121 e. The van der Waals surface area contributed by atoms with E-state index in [1.54, 1.807) is 25.1 Å². The van der Waals surface area contributed by atoms with E-state index in [1.807, 2.05) is 0 Å². The fraction of sp³-hybridized carbons (Fsp3) is 0.333. The Kier molecular flexibility index (Phi) is 3.30. The van der Waals surface area contributed by atoms with Crippen molar-refractivity contribution in [1.82, 2.24) is 0 Å². The molecule has 0 heterocycles. The Balaban J connectivity index is 3.01. The average Bonchev–Trinajstić information content (AvgIpc) is 2.03. The number of aliphatic hydroxyl groups excluding tert-OH is 1. The van der Waals surface area contributed by atoms with Gasteiger partial charge in [-0.15, -0.1) is 0 Å². The monoisotopic (exact) mass is 245 g/mol. The predicted molar refractivity (Wildman–Crippen MR) is 54.4 cm³/mol. The van der Waals surface area contributed by atoms with Crippen LogP contribution in [0.2, 0.25) is 0 Å². The van der Waals surface area contributed by atoms with Crippen molar-refractivity contribution in [1.29, 1.82) is 0 Å². The van der Waals surface area contributed by atoms with E-state index in [1.165, 1.54) is 0 Å². The van der Waals surface area contributed by atoms with Gasteiger partial charge in [-0.05, 0) is 19.1 Å². The molecular formula is C9H12BrNO2. The molecule has 1 unspecified atom stereocenters. The van der Waals surface area contributed by atoms with Crippen molar-refractivity contribution in [2.24, 2.45) is 5.73 Å². The Labute approximate surface area is 85.3 Å². The quantitative estimate of drug-likeness (QED) is 0.741. The number of hydrogen-bond donors (Lipinski definition) is 3. The summed E-state index contributed by atoms with van der Waals surface area (Å²) in [6.45, 7) is 1.59. The number of halogens is 1. The maximum absolute atomic E-state index is 9.49. The minimum absolute atomic E-state index is 0.0998. The van der Waals surface area contributed by atoms with Crippen LogP contribution in [0.25, 0.3) is 0 Å². The number of phenolic OH excluding ortho intramolecular Hbond substituents is 1. The average molecular weight is 246 g/mol. The molecule has 3 nitrogen and oxygen atoms in total. The van der Waals surface area contributed by atoms with Crippen LogP contribution in [0, 0.1) is 0 Å². The van der Waals surface area contributed by atoms with Crippen LogP contribution < -0.4 is 5.73 Å². The molecule has 13 heavy (non-hydrogen) atoms. The number of nitrogens with two attached hydrogens (primary N) is 1. The van der Waals surface area contributed by atoms with E-state index in [-0.39, 0.29) is 5.75 Å². The van der Waals surface area contributed by atoms with Crippen LogP contribution in [0.3, 0.4) is 0 Å². The molecule has 1 rings (SSSR count). The Morgan fingerprint density at radius 2 is 2.08 bits per heavy atom. The zero-order valence-electron chi connectivity index (χ0n) is 7.24. The van der Waals surface area contributed by atoms with Gasteiger partial charge in [0, 0.05) is 10.0 Å². The standard InChI is InChI=1S/C9H12BrNO2/c1-5(12)9(11)7-3-2-6(10)4-8(7)13/h2-5,9,12-13H,11H2,1H3/t5?,9-/m0/s1. The minimum atomic E-state index is -0.674. The summed E-state index contributed by atoms with van der Waals surface area (Å²) in [5.74, 6) is 0.0998. The maximum atomic E-state index is 9.49. The van der Waals surface area contributed by atoms with Gasteiger partial charge in [0.15, 0.2) is 0 Å². The van der Waals surface area contributed by atoms with Gasteiger partial charge in [-0.3, -0.25) is 0 Å². The summed E-state index contributed by atoms with van der Waals surface area (Å²) in [4.78, 5) is 0. The lowest BCUT2D eigenvalue weighted by atomic mass is 10.0. The summed E-state index contributed by atoms with van der Waals surface area (Å²) in [6, 6.07) is 4.47. The second-order valence-electron chi connectivity index (χ2n) is 2.97. The van der Waals surface area contributed by atoms with Crippen molar-refractivity contribution in [2.75, 3.05) is 0 Å². The Bertz CT molecular complexity index is 302. The molecule has 4 N–H and O–H groups in total. The molecule has 72 valence electrons. The molecule has 1 aromatic carbocycles. The smallest absolute Gasteiger partial charge is 0.121 e. The van der Waals surface area contributed by atoms with Gasteiger partial charge in [0.05, 0.1) is 12.1 Å². The third kappa shape index (κ3) is 2.43. The van der Waals surface area contributed by atoms with Crippen molar-refractivity contribution in [3.05, 3.63) is 28.2 Å². The van der Waals surface area contributed by atoms with Crippen LogP contribution >= 0.6 is 15.9 Å². The summed E-state index contributed by atoms with van der Waals surface area (Å²) in [7, 11) is 0. The Morgan fingerprint density at radius 1 is 1.46 bits per heavy atom. The first-order chi connectivity index (χ1) is 6.02. The van der Waals surface area contributed by atoms with E-state index in [2.05, 4.69) is 15.9 Å². The van der Waals surface area contributed by atoms with Gasteiger partial charge in [0.25, 0.3) is 0 Å². The second kappa shape index (κ2) is 4.09. The summed E-state index contributed by atoms with van der Waals surface area (Å²) >= 11 is 3.22. The van der Waals surface area contributed by atoms with E-state index in [4.69, 9.17) is 5.73 Å². The lowest BCUT2D eigenvalue weighted by Crippen LogP contribution is -2.23. The van der Waals surface area contributed by atoms with Crippen LogP contribution in [0.5, 0.6) is 5.75 Å². The van der Waals surface area contributed by atoms with Crippen LogP contribution in [0.1, 0.15) is 18.5 Å². The highest BCUT2D eigenvalue weighted by Gasteiger charge is 2.15. The van der Waals surface area contributed by atoms with E-state index < -0.39 is 12.1 Å². The third-order valence-corrected chi connectivity index (χ3v) is 2.36. The zero-order chi connectivity index (χ0) is 10.0. The van der Waals surface area contributed by atoms with E-state index in [0.717, 1.165) is 4.47 Å². The van der Waals surface area contributed by atoms with Crippen molar-refractivity contribution < 1.29 is 10.2 Å². The highest BCUT2D eigenvalue weighted by molar-refractivity contribution is 9.10. The SMILES string of the molecule is CC(O)[C@H](N)c1ccc(Br)cc1O. The van der Waals surface area contributed by atoms with Gasteiger partial charge >= 0.3 is 0 Å². The van der Waals surface area contributed by atoms with Crippen molar-refractivity contribution in [3.63, 3.8) is 0 Å². The molecule has 0 spiro atoms. The molecule has 0 aliphatic heterocycles. The molecule has 0 aromatic heterocycles. The predicted octanol–water partition coefficient (Wildman–Crippen LogP) is 1.54. The van der Waals surface area contributed by atoms with E-state index >= 15 is 0 Å². The fourth-order valence-electron chi connectivity index (χ4n) is 1.06. The lowest BCUT2D eigenvalue weighted by molar-refractivity contribution is 0.163. The summed E-state index contributed by atoms with van der Waals surface area (Å²) in [5.41, 5.74) is 6.22. The molecule has 4 heteroatoms. The topological polar surface area (TPSA) is 66.5 Å². The van der Waals surface area contributed by atoms with Gasteiger partial charge in [0.2, 0.25) is 0 Å². The number of aromatic hydroxyl groups is 1. The number of benzene rings is 1. The van der Waals surface area contributed by atoms with Gasteiger partial charge in [-0.2, -0.15) is 0 Å². The van der Waals surface area contributed by atoms with Gasteiger partial charge < -0.3 is 15.9 Å². The van der Waals surface area contributed by atoms with Crippen LogP contribution in [-0.2, 0) is 0 Å². The third-order valence-electron chi connectivity index (χ3n) is 1.87. The lowest BCUT2D eigenvalue weighted by Gasteiger charge is -2.16. The first-order valence-corrected chi connectivity index (χ1v) is 4.73. The molecule has 0 aliphatic carbocycles. The molecule has 0 fully saturated rings. The molecule has 0 saturated heterocycles. The number of phenols is 1. The summed E-state index contributed by atoms with van der Waals surface area (Å²) in [5, 5.41) is 18.7. The molecule has 1 aromatic rings. The molecule has 0 bridgehead atoms. The molecule has 0 saturated carbocycles. The van der Waals surface area contributed by atoms with E-state index in [9.17, 15) is 10.2 Å². The van der Waals surface area contributed by atoms with Gasteiger partial charge in [-0.25, -0.2) is 0 Å². The second-order valence-corrected chi connectivity index (χ2v) is 3.89. The first kappa shape index (κ1) is 10.5. The van der Waals surface area contributed by atoms with Crippen LogP contribution in [0.15, 0.2) is 22.7 Å². The highest BCUT2D eigenvalue weighted by Crippen LogP contribution is 2.27. The first-order valence-electron chi connectivity index (χ1n) is 3.94. The molecular weight excluding hydrogens is 234 g/mol. The Morgan fingerprint density at radius 3 is 2.54 bits per heavy atom. The van der Waals surface area contributed by atoms with Crippen molar-refractivity contribution in [2.45, 2.75) is 19.1 Å². The molecule has 0 radical (unpaired) electrons. The number of hydrogen-bond acceptors (Lipinski definition) is 3.